The molecular weight excluding hydrogens is 312 g/mol. The first kappa shape index (κ1) is 16.9. The number of hydrogen-bond donors (Lipinski definition) is 0. The van der Waals surface area contributed by atoms with Crippen molar-refractivity contribution in [1.29, 1.82) is 0 Å². The summed E-state index contributed by atoms with van der Waals surface area (Å²) < 4.78 is 10.8. The number of piperidine rings is 1. The first-order valence-corrected chi connectivity index (χ1v) is 8.53. The maximum absolute atomic E-state index is 12.2. The molecule has 0 radical (unpaired) electrons. The third-order valence-corrected chi connectivity index (χ3v) is 4.24. The second kappa shape index (κ2) is 6.92. The molecule has 0 aliphatic carbocycles. The Balaban J connectivity index is 1.59. The number of carbonyl (C=O) groups is 1. The van der Waals surface area contributed by atoms with E-state index in [1.807, 2.05) is 25.6 Å². The van der Waals surface area contributed by atoms with E-state index < -0.39 is 5.60 Å². The summed E-state index contributed by atoms with van der Waals surface area (Å²) in [4.78, 5) is 15.7. The second-order valence-electron chi connectivity index (χ2n) is 7.23. The lowest BCUT2D eigenvalue weighted by atomic mass is 9.96. The van der Waals surface area contributed by atoms with Crippen molar-refractivity contribution in [3.05, 3.63) is 5.82 Å². The van der Waals surface area contributed by atoms with Crippen LogP contribution in [0.1, 0.15) is 45.4 Å². The Morgan fingerprint density at radius 3 is 2.46 bits per heavy atom. The maximum atomic E-state index is 12.2. The number of aromatic nitrogens is 4. The Morgan fingerprint density at radius 1 is 1.17 bits per heavy atom. The van der Waals surface area contributed by atoms with Crippen molar-refractivity contribution in [1.82, 2.24) is 25.2 Å². The molecule has 3 rings (SSSR count). The van der Waals surface area contributed by atoms with Gasteiger partial charge in [0.25, 0.3) is 0 Å². The van der Waals surface area contributed by atoms with Crippen LogP contribution in [0.25, 0.3) is 0 Å². The molecule has 0 atom stereocenters. The van der Waals surface area contributed by atoms with E-state index in [4.69, 9.17) is 9.47 Å². The van der Waals surface area contributed by atoms with E-state index in [2.05, 4.69) is 20.5 Å². The van der Waals surface area contributed by atoms with Crippen molar-refractivity contribution in [2.24, 2.45) is 0 Å². The minimum Gasteiger partial charge on any atom is -0.444 e. The van der Waals surface area contributed by atoms with E-state index in [1.165, 1.54) is 0 Å². The van der Waals surface area contributed by atoms with Crippen molar-refractivity contribution in [2.45, 2.75) is 45.1 Å². The van der Waals surface area contributed by atoms with Crippen molar-refractivity contribution in [2.75, 3.05) is 44.4 Å². The Labute approximate surface area is 141 Å². The van der Waals surface area contributed by atoms with Crippen molar-refractivity contribution >= 4 is 6.09 Å². The zero-order valence-corrected chi connectivity index (χ0v) is 14.6. The molecule has 0 spiro atoms. The molecule has 0 aromatic carbocycles. The summed E-state index contributed by atoms with van der Waals surface area (Å²) >= 11 is 0. The highest BCUT2D eigenvalue weighted by molar-refractivity contribution is 5.68. The van der Waals surface area contributed by atoms with Gasteiger partial charge in [-0.1, -0.05) is 0 Å². The van der Waals surface area contributed by atoms with Crippen LogP contribution in [0.4, 0.5) is 4.79 Å². The lowest BCUT2D eigenvalue weighted by molar-refractivity contribution is 0.0201. The predicted molar refractivity (Wildman–Crippen MR) is 86.4 cm³/mol. The minimum absolute atomic E-state index is 0.242. The summed E-state index contributed by atoms with van der Waals surface area (Å²) in [5.41, 5.74) is -0.464. The number of amides is 1. The topological polar surface area (TPSA) is 85.6 Å². The standard InChI is InChI=1S/C15H26N6O3/c1-15(2,3)24-14(22)19-6-4-12(5-7-19)13-16-17-18-21(13)20-8-10-23-11-9-20/h12H,4-11H2,1-3H3. The third kappa shape index (κ3) is 3.95. The van der Waals surface area contributed by atoms with Crippen LogP contribution in [-0.2, 0) is 9.47 Å². The molecule has 134 valence electrons. The number of carbonyl (C=O) groups excluding carboxylic acids is 1. The third-order valence-electron chi connectivity index (χ3n) is 4.24. The highest BCUT2D eigenvalue weighted by Crippen LogP contribution is 2.27. The molecule has 2 saturated heterocycles. The van der Waals surface area contributed by atoms with E-state index in [9.17, 15) is 4.79 Å². The van der Waals surface area contributed by atoms with E-state index in [1.54, 1.807) is 4.90 Å². The number of hydrogen-bond acceptors (Lipinski definition) is 7. The Hall–Kier alpha value is -1.90. The molecule has 0 N–H and O–H groups in total. The number of likely N-dealkylation sites (tertiary alicyclic amines) is 1. The fourth-order valence-corrected chi connectivity index (χ4v) is 3.03. The van der Waals surface area contributed by atoms with E-state index in [0.717, 1.165) is 31.8 Å². The van der Waals surface area contributed by atoms with Crippen molar-refractivity contribution in [3.8, 4) is 0 Å². The van der Waals surface area contributed by atoms with E-state index in [0.29, 0.717) is 26.3 Å². The zero-order chi connectivity index (χ0) is 17.2. The van der Waals surface area contributed by atoms with Crippen LogP contribution in [0.3, 0.4) is 0 Å². The molecule has 2 fully saturated rings. The van der Waals surface area contributed by atoms with Crippen LogP contribution in [0.15, 0.2) is 0 Å². The number of rotatable bonds is 2. The smallest absolute Gasteiger partial charge is 0.410 e. The van der Waals surface area contributed by atoms with Gasteiger partial charge in [0.1, 0.15) is 5.60 Å². The molecule has 9 nitrogen and oxygen atoms in total. The number of morpholine rings is 1. The van der Waals surface area contributed by atoms with Gasteiger partial charge in [-0.15, -0.1) is 9.89 Å². The van der Waals surface area contributed by atoms with Crippen LogP contribution in [-0.4, -0.2) is 76.3 Å². The summed E-state index contributed by atoms with van der Waals surface area (Å²) in [5.74, 6) is 1.13. The molecule has 24 heavy (non-hydrogen) atoms. The molecule has 1 aromatic heterocycles. The molecule has 1 aromatic rings. The van der Waals surface area contributed by atoms with Gasteiger partial charge in [0, 0.05) is 19.0 Å². The zero-order valence-electron chi connectivity index (χ0n) is 14.6. The van der Waals surface area contributed by atoms with Crippen LogP contribution in [0, 0.1) is 0 Å². The van der Waals surface area contributed by atoms with Gasteiger partial charge in [-0.05, 0) is 44.0 Å². The molecule has 3 heterocycles. The Kier molecular flexibility index (Phi) is 4.88. The van der Waals surface area contributed by atoms with Gasteiger partial charge in [-0.2, -0.15) is 0 Å². The van der Waals surface area contributed by atoms with Gasteiger partial charge in [-0.3, -0.25) is 5.01 Å². The Morgan fingerprint density at radius 2 is 1.83 bits per heavy atom. The highest BCUT2D eigenvalue weighted by atomic mass is 16.6. The molecule has 9 heteroatoms. The van der Waals surface area contributed by atoms with Gasteiger partial charge in [0.05, 0.1) is 26.3 Å². The quantitative estimate of drug-likeness (QED) is 0.787. The van der Waals surface area contributed by atoms with Gasteiger partial charge in [0.2, 0.25) is 0 Å². The number of ether oxygens (including phenoxy) is 2. The first-order chi connectivity index (χ1) is 11.4. The summed E-state index contributed by atoms with van der Waals surface area (Å²) in [6.45, 7) is 9.93. The van der Waals surface area contributed by atoms with Crippen LogP contribution >= 0.6 is 0 Å². The molecule has 0 bridgehead atoms. The van der Waals surface area contributed by atoms with E-state index in [-0.39, 0.29) is 12.0 Å². The van der Waals surface area contributed by atoms with Crippen LogP contribution < -0.4 is 5.01 Å². The van der Waals surface area contributed by atoms with Crippen molar-refractivity contribution in [3.63, 3.8) is 0 Å². The first-order valence-electron chi connectivity index (χ1n) is 8.53. The summed E-state index contributed by atoms with van der Waals surface area (Å²) in [5, 5.41) is 14.3. The summed E-state index contributed by atoms with van der Waals surface area (Å²) in [6, 6.07) is 0. The highest BCUT2D eigenvalue weighted by Gasteiger charge is 2.31. The lowest BCUT2D eigenvalue weighted by Gasteiger charge is -2.34. The average molecular weight is 338 g/mol. The molecule has 2 aliphatic rings. The van der Waals surface area contributed by atoms with Gasteiger partial charge >= 0.3 is 6.09 Å². The SMILES string of the molecule is CC(C)(C)OC(=O)N1CCC(c2nnnn2N2CCOCC2)CC1. The van der Waals surface area contributed by atoms with Crippen molar-refractivity contribution < 1.29 is 14.3 Å². The molecule has 0 saturated carbocycles. The van der Waals surface area contributed by atoms with Gasteiger partial charge < -0.3 is 14.4 Å². The van der Waals surface area contributed by atoms with Gasteiger partial charge in [-0.25, -0.2) is 4.79 Å². The maximum Gasteiger partial charge on any atom is 0.410 e. The second-order valence-corrected chi connectivity index (χ2v) is 7.23. The van der Waals surface area contributed by atoms with Crippen LogP contribution in [0.5, 0.6) is 0 Å². The Bertz CT molecular complexity index is 556. The molecule has 1 amide bonds. The minimum atomic E-state index is -0.464. The average Bonchev–Trinajstić information content (AvgIpc) is 3.04. The largest absolute Gasteiger partial charge is 0.444 e. The van der Waals surface area contributed by atoms with E-state index >= 15 is 0 Å². The normalized spacial score (nSPS) is 20.3. The number of nitrogens with zero attached hydrogens (tertiary/aromatic N) is 6. The predicted octanol–water partition coefficient (Wildman–Crippen LogP) is 0.756. The lowest BCUT2D eigenvalue weighted by Crippen LogP contribution is -2.46. The van der Waals surface area contributed by atoms with Gasteiger partial charge in [0.15, 0.2) is 5.82 Å². The molecule has 0 unspecified atom stereocenters. The monoisotopic (exact) mass is 338 g/mol. The summed E-state index contributed by atoms with van der Waals surface area (Å²) in [6.07, 6.45) is 1.43. The fraction of sp³-hybridized carbons (Fsp3) is 0.867. The fourth-order valence-electron chi connectivity index (χ4n) is 3.03. The number of tetrazole rings is 1. The van der Waals surface area contributed by atoms with Crippen LogP contribution in [0.2, 0.25) is 0 Å². The summed E-state index contributed by atoms with van der Waals surface area (Å²) in [7, 11) is 0. The molecular formula is C15H26N6O3. The molecule has 2 aliphatic heterocycles.